The van der Waals surface area contributed by atoms with Crippen LogP contribution in [0.4, 0.5) is 26.3 Å². The molecule has 8 amide bonds. The second-order valence-electron chi connectivity index (χ2n) is 48.9. The van der Waals surface area contributed by atoms with Crippen molar-refractivity contribution in [2.24, 2.45) is 146 Å². The largest absolute Gasteiger partial charge is 0.412 e. The van der Waals surface area contributed by atoms with Gasteiger partial charge in [0.25, 0.3) is 11.8 Å². The molecule has 36 atom stereocenters. The number of Topliss-reactive ketones (excluding diaryl/α,β-unsaturated/α-hetero) is 2. The summed E-state index contributed by atoms with van der Waals surface area (Å²) in [4.78, 5) is 156. The molecular weight excluding hydrogens is 2090 g/mol. The van der Waals surface area contributed by atoms with E-state index >= 15 is 0 Å². The number of rotatable bonds is 16. The minimum atomic E-state index is -4.58. The number of amides is 8. The van der Waals surface area contributed by atoms with Crippen LogP contribution in [0.5, 0.6) is 0 Å². The number of amidine groups is 8. The Kier molecular flexibility index (Phi) is 34.8. The van der Waals surface area contributed by atoms with E-state index in [-0.39, 0.29) is 69.4 Å². The number of aliphatic hydroxyl groups is 4. The van der Waals surface area contributed by atoms with Crippen LogP contribution in [0.2, 0.25) is 0 Å². The first-order valence-electron chi connectivity index (χ1n) is 54.9. The van der Waals surface area contributed by atoms with Crippen LogP contribution < -0.4 is 42.5 Å². The van der Waals surface area contributed by atoms with Crippen molar-refractivity contribution in [2.75, 3.05) is 0 Å². The van der Waals surface area contributed by atoms with Gasteiger partial charge in [-0.3, -0.25) is 87.9 Å². The monoisotopic (exact) mass is 2240 g/mol. The van der Waals surface area contributed by atoms with Gasteiger partial charge in [0.15, 0.2) is 71.9 Å². The first kappa shape index (κ1) is 116. The molecule has 24 rings (SSSR count). The Morgan fingerprint density at radius 3 is 0.520 bits per heavy atom. The van der Waals surface area contributed by atoms with E-state index in [1.807, 2.05) is 0 Å². The molecule has 832 valence electrons. The molecule has 0 spiro atoms. The van der Waals surface area contributed by atoms with E-state index in [4.69, 9.17) is 20.0 Å². The van der Waals surface area contributed by atoms with Crippen LogP contribution in [0.1, 0.15) is 316 Å². The van der Waals surface area contributed by atoms with E-state index in [0.717, 1.165) is 111 Å². The Balaban J connectivity index is 0.000000117. The number of hydrogen-bond acceptors (Lipinski definition) is 30. The predicted octanol–water partition coefficient (Wildman–Crippen LogP) is 16.3. The molecule has 4 unspecified atom stereocenters. The summed E-state index contributed by atoms with van der Waals surface area (Å²) in [7, 11) is 0. The summed E-state index contributed by atoms with van der Waals surface area (Å²) >= 11 is 9.22. The van der Waals surface area contributed by atoms with Gasteiger partial charge in [-0.05, 0) is 344 Å². The maximum atomic E-state index is 13.4. The van der Waals surface area contributed by atoms with Crippen LogP contribution in [0.15, 0.2) is 39.9 Å². The fourth-order valence-corrected chi connectivity index (χ4v) is 36.2. The molecule has 30 nitrogen and oxygen atoms in total. The molecule has 150 heavy (non-hydrogen) atoms. The number of nitrogens with zero attached hydrogens (tertiary/aromatic N) is 8. The zero-order valence-electron chi connectivity index (χ0n) is 88.9. The van der Waals surface area contributed by atoms with Crippen LogP contribution >= 0.6 is 94.1 Å². The van der Waals surface area contributed by atoms with Crippen molar-refractivity contribution in [3.05, 3.63) is 0 Å². The topological polar surface area (TPSA) is 447 Å². The molecule has 12 N–H and O–H groups in total. The smallest absolute Gasteiger partial charge is 0.391 e. The van der Waals surface area contributed by atoms with Crippen molar-refractivity contribution in [2.45, 2.75) is 439 Å². The quantitative estimate of drug-likeness (QED) is 0.0504. The van der Waals surface area contributed by atoms with Crippen molar-refractivity contribution in [1.82, 2.24) is 42.5 Å². The first-order valence-corrected chi connectivity index (χ1v) is 61.5. The van der Waals surface area contributed by atoms with Gasteiger partial charge in [-0.1, -0.05) is 173 Å². The second-order valence-corrected chi connectivity index (χ2v) is 60.0. The van der Waals surface area contributed by atoms with Crippen LogP contribution in [0.3, 0.4) is 0 Å². The lowest BCUT2D eigenvalue weighted by atomic mass is 9.93. The molecular formula is C106H154F6N16O14S8. The van der Waals surface area contributed by atoms with Gasteiger partial charge in [0, 0.05) is 0 Å². The average molecular weight is 2250 g/mol. The van der Waals surface area contributed by atoms with E-state index in [1.54, 1.807) is 69.2 Å². The Morgan fingerprint density at radius 2 is 0.407 bits per heavy atom. The highest BCUT2D eigenvalue weighted by atomic mass is 32.2. The number of thioether (sulfide) groups is 8. The summed E-state index contributed by atoms with van der Waals surface area (Å²) in [5.41, 5.74) is 0. The summed E-state index contributed by atoms with van der Waals surface area (Å²) in [5.74, 6) is 6.93. The van der Waals surface area contributed by atoms with Gasteiger partial charge in [0.05, 0.1) is 72.8 Å². The number of carbonyl (C=O) groups is 10. The molecule has 8 heterocycles. The standard InChI is InChI=1S/2C14H19F3N2OS.4C13H20N2O2S.2C13H18N2O2S/c2*1-7(2)13(14(15,16)17)11(20)19-12(21-13)18-10-6-8-3-4-9(10)5-8;6*1-7(16)13(2)11(17)15-12(18-13)14-10-6-8-3-4-9(10)5-8/h2*7-10H,3-6H2,1-2H3,(H,18,19,20);4*7-10,16H,3-6H2,1-2H3,(H,14,15,17);2*8-10H,3-6H2,1-2H3,(H,14,15,17)/t8-,9+,10+,13+;8-,9+,10+,13-;2*7?,8-,9+,10+,13+;2*7?,8-,9+,10+,13-;8-,9+,10+,13+;8-,9+,10+,13-/m11111111/s1. The Bertz CT molecular complexity index is 4990. The van der Waals surface area contributed by atoms with Gasteiger partial charge in [-0.15, -0.1) is 0 Å². The normalized spacial score (nSPS) is 44.7. The van der Waals surface area contributed by atoms with E-state index in [1.165, 1.54) is 266 Å². The van der Waals surface area contributed by atoms with Gasteiger partial charge >= 0.3 is 12.4 Å². The molecule has 8 saturated heterocycles. The minimum absolute atomic E-state index is 0.0859. The Labute approximate surface area is 910 Å². The lowest BCUT2D eigenvalue weighted by Crippen LogP contribution is -2.52. The molecule has 8 aliphatic heterocycles. The predicted molar refractivity (Wildman–Crippen MR) is 585 cm³/mol. The van der Waals surface area contributed by atoms with E-state index in [2.05, 4.69) is 62.5 Å². The number of fused-ring (bicyclic) bond motifs is 16. The van der Waals surface area contributed by atoms with Gasteiger partial charge in [-0.25, -0.2) is 0 Å². The molecule has 16 saturated carbocycles. The van der Waals surface area contributed by atoms with Crippen molar-refractivity contribution in [1.29, 1.82) is 0 Å². The highest BCUT2D eigenvalue weighted by molar-refractivity contribution is 8.18. The summed E-state index contributed by atoms with van der Waals surface area (Å²) in [6, 6.07) is 2.46. The summed E-state index contributed by atoms with van der Waals surface area (Å²) in [5, 5.41) is 64.9. The first-order chi connectivity index (χ1) is 70.4. The van der Waals surface area contributed by atoms with Gasteiger partial charge < -0.3 is 63.0 Å². The van der Waals surface area contributed by atoms with Crippen molar-refractivity contribution >= 4 is 194 Å². The van der Waals surface area contributed by atoms with E-state index < -0.39 is 98.4 Å². The third-order valence-electron chi connectivity index (χ3n) is 38.3. The fourth-order valence-electron chi connectivity index (χ4n) is 27.7. The zero-order chi connectivity index (χ0) is 108. The summed E-state index contributed by atoms with van der Waals surface area (Å²) < 4.78 is 70.6. The van der Waals surface area contributed by atoms with Crippen LogP contribution in [0, 0.1) is 107 Å². The number of halogens is 6. The highest BCUT2D eigenvalue weighted by Crippen LogP contribution is 2.59. The Morgan fingerprint density at radius 1 is 0.253 bits per heavy atom. The van der Waals surface area contributed by atoms with Gasteiger partial charge in [0.2, 0.25) is 35.4 Å². The number of nitrogens with one attached hydrogen (secondary N) is 8. The summed E-state index contributed by atoms with van der Waals surface area (Å²) in [6.45, 7) is 25.8. The van der Waals surface area contributed by atoms with Crippen LogP contribution in [-0.2, 0) is 47.9 Å². The lowest BCUT2D eigenvalue weighted by molar-refractivity contribution is -0.178. The number of hydrogen-bond donors (Lipinski definition) is 12. The van der Waals surface area contributed by atoms with Crippen molar-refractivity contribution in [3.8, 4) is 0 Å². The van der Waals surface area contributed by atoms with Crippen molar-refractivity contribution in [3.63, 3.8) is 0 Å². The molecule has 0 aromatic carbocycles. The molecule has 16 aliphatic carbocycles. The average Bonchev–Trinajstić information content (AvgIpc) is 1.58. The molecule has 44 heteroatoms. The third-order valence-corrected chi connectivity index (χ3v) is 49.5. The van der Waals surface area contributed by atoms with E-state index in [0.29, 0.717) is 126 Å². The second kappa shape index (κ2) is 45.1. The highest BCUT2D eigenvalue weighted by Gasteiger charge is 2.69. The SMILES string of the molecule is CC(=O)[C@@]1(C)SC(=N[C@H]2C[C@@H]3CC[C@H]2C3)NC1=O.CC(=O)[C@]1(C)SC(=N[C@H]2C[C@@H]3CC[C@H]2C3)NC1=O.CC(C)[C@@]1(C(F)(F)F)SC(=N[C@H]2C[C@@H]3CC[C@H]2C3)NC1=O.CC(C)[C@]1(C(F)(F)F)SC(=N[C@H]2C[C@@H]3CC[C@H]2C3)NC1=O.CC(O)[C@@]1(C)SC(=N[C@H]2C[C@@H]3CC[C@H]2C3)NC1=O.CC(O)[C@@]1(C)SC(=N[C@H]2C[C@@H]3CC[C@H]2C3)NC1=O.CC(O)[C@]1(C)SC(=N[C@H]2C[C@@H]3CC[C@H]2C3)NC1=O.CC(O)[C@]1(C)SC(=N[C@H]2C[C@@H]3CC[C@H]2C3)NC1=O. The number of aliphatic imine (C=N–C) groups is 8. The molecule has 24 aliphatic rings. The molecule has 0 aromatic heterocycles. The Hall–Kier alpha value is -5.32. The number of aliphatic hydroxyl groups excluding tert-OH is 4. The van der Waals surface area contributed by atoms with Crippen LogP contribution in [-0.4, -0.2) is 244 Å². The van der Waals surface area contributed by atoms with Gasteiger partial charge in [-0.2, -0.15) is 26.3 Å². The van der Waals surface area contributed by atoms with E-state index in [9.17, 15) is 94.7 Å². The maximum Gasteiger partial charge on any atom is 0.412 e. The third kappa shape index (κ3) is 23.6. The molecule has 24 fully saturated rings. The van der Waals surface area contributed by atoms with Crippen molar-refractivity contribution < 1.29 is 94.7 Å². The fraction of sp³-hybridized carbons (Fsp3) is 0.830. The summed E-state index contributed by atoms with van der Waals surface area (Å²) in [6.07, 6.45) is 27.6. The molecule has 0 aromatic rings. The maximum absolute atomic E-state index is 13.4. The number of carbonyl (C=O) groups excluding carboxylic acids is 10. The number of alkyl halides is 6. The lowest BCUT2D eigenvalue weighted by Gasteiger charge is -2.30. The molecule has 16 bridgehead atoms. The zero-order valence-corrected chi connectivity index (χ0v) is 95.5. The van der Waals surface area contributed by atoms with Crippen LogP contribution in [0.25, 0.3) is 0 Å². The number of ketones is 2. The molecule has 0 radical (unpaired) electrons. The minimum Gasteiger partial charge on any atom is -0.391 e. The van der Waals surface area contributed by atoms with Gasteiger partial charge in [0.1, 0.15) is 19.0 Å².